The van der Waals surface area contributed by atoms with E-state index in [0.29, 0.717) is 28.9 Å². The van der Waals surface area contributed by atoms with Gasteiger partial charge in [-0.1, -0.05) is 0 Å². The monoisotopic (exact) mass is 267 g/mol. The number of aromatic nitrogens is 3. The first-order chi connectivity index (χ1) is 8.63. The molecule has 0 fully saturated rings. The Hall–Kier alpha value is -1.80. The van der Waals surface area contributed by atoms with Gasteiger partial charge in [0, 0.05) is 13.0 Å². The molecule has 2 rings (SSSR count). The summed E-state index contributed by atoms with van der Waals surface area (Å²) >= 11 is 1.21. The summed E-state index contributed by atoms with van der Waals surface area (Å²) in [5.41, 5.74) is 2.63. The maximum Gasteiger partial charge on any atom is 0.263 e. The summed E-state index contributed by atoms with van der Waals surface area (Å²) in [7, 11) is 0. The predicted octanol–water partition coefficient (Wildman–Crippen LogP) is -0.0685. The number of hydrogen-bond donors (Lipinski definition) is 2. The first kappa shape index (κ1) is 12.7. The van der Waals surface area contributed by atoms with E-state index in [-0.39, 0.29) is 17.9 Å². The van der Waals surface area contributed by atoms with E-state index < -0.39 is 0 Å². The Labute approximate surface area is 107 Å². The van der Waals surface area contributed by atoms with Gasteiger partial charge >= 0.3 is 0 Å². The van der Waals surface area contributed by atoms with Crippen molar-refractivity contribution in [3.05, 3.63) is 22.4 Å². The maximum atomic E-state index is 12.1. The van der Waals surface area contributed by atoms with E-state index in [0.717, 1.165) is 0 Å². The maximum absolute atomic E-state index is 12.1. The molecule has 0 unspecified atom stereocenters. The van der Waals surface area contributed by atoms with Crippen LogP contribution < -0.4 is 16.8 Å². The lowest BCUT2D eigenvalue weighted by atomic mass is 10.3. The van der Waals surface area contributed by atoms with Crippen molar-refractivity contribution in [3.63, 3.8) is 0 Å². The van der Waals surface area contributed by atoms with E-state index >= 15 is 0 Å². The number of aryl methyl sites for hydroxylation is 2. The van der Waals surface area contributed by atoms with Crippen LogP contribution in [-0.4, -0.2) is 19.8 Å². The highest BCUT2D eigenvalue weighted by Gasteiger charge is 2.10. The molecule has 96 valence electrons. The number of nitrogens with one attached hydrogen (secondary N) is 1. The Bertz CT molecular complexity index is 633. The van der Waals surface area contributed by atoms with Crippen LogP contribution in [0.15, 0.2) is 11.1 Å². The van der Waals surface area contributed by atoms with Gasteiger partial charge in [-0.25, -0.2) is 10.8 Å². The van der Waals surface area contributed by atoms with Crippen LogP contribution in [0.5, 0.6) is 0 Å². The molecule has 0 aliphatic heterocycles. The van der Waals surface area contributed by atoms with Crippen LogP contribution in [-0.2, 0) is 11.3 Å². The number of carbonyl (C=O) groups excluding carboxylic acids is 1. The zero-order valence-electron chi connectivity index (χ0n) is 9.84. The van der Waals surface area contributed by atoms with Gasteiger partial charge in [0.1, 0.15) is 0 Å². The largest absolute Gasteiger partial charge is 0.299 e. The van der Waals surface area contributed by atoms with Crippen molar-refractivity contribution in [2.24, 2.45) is 5.84 Å². The molecule has 3 N–H and O–H groups in total. The van der Waals surface area contributed by atoms with Crippen molar-refractivity contribution in [3.8, 4) is 0 Å². The normalized spacial score (nSPS) is 10.8. The van der Waals surface area contributed by atoms with Crippen LogP contribution in [0.2, 0.25) is 0 Å². The fourth-order valence-electron chi connectivity index (χ4n) is 1.65. The van der Waals surface area contributed by atoms with Gasteiger partial charge < -0.3 is 0 Å². The molecule has 8 heteroatoms. The molecule has 0 atom stereocenters. The second-order valence-electron chi connectivity index (χ2n) is 3.86. The molecule has 0 saturated heterocycles. The highest BCUT2D eigenvalue weighted by Crippen LogP contribution is 2.15. The Morgan fingerprint density at radius 3 is 3.11 bits per heavy atom. The van der Waals surface area contributed by atoms with E-state index in [4.69, 9.17) is 5.84 Å². The van der Waals surface area contributed by atoms with Crippen LogP contribution >= 0.6 is 11.5 Å². The molecule has 18 heavy (non-hydrogen) atoms. The molecular formula is C10H13N5O2S. The van der Waals surface area contributed by atoms with Gasteiger partial charge in [0.05, 0.1) is 17.4 Å². The quantitative estimate of drug-likeness (QED) is 0.458. The minimum absolute atomic E-state index is 0.112. The number of nitrogens with two attached hydrogens (primary N) is 1. The summed E-state index contributed by atoms with van der Waals surface area (Å²) in [6.45, 7) is 2.22. The summed E-state index contributed by atoms with van der Waals surface area (Å²) in [4.78, 5) is 27.9. The van der Waals surface area contributed by atoms with Gasteiger partial charge in [0.25, 0.3) is 5.56 Å². The standard InChI is InChI=1S/C10H13N5O2S/c1-6-8-9(18-14-6)12-5-15(10(8)17)4-2-3-7(16)13-11/h5H,2-4,11H2,1H3,(H,13,16). The molecule has 7 nitrogen and oxygen atoms in total. The Kier molecular flexibility index (Phi) is 3.68. The number of fused-ring (bicyclic) bond motifs is 1. The molecule has 2 aromatic rings. The SMILES string of the molecule is Cc1nsc2ncn(CCCC(=O)NN)c(=O)c12. The number of hydrazine groups is 1. The second-order valence-corrected chi connectivity index (χ2v) is 4.61. The first-order valence-electron chi connectivity index (χ1n) is 5.44. The smallest absolute Gasteiger partial charge is 0.263 e. The molecule has 0 aliphatic rings. The van der Waals surface area contributed by atoms with Gasteiger partial charge in [-0.15, -0.1) is 0 Å². The minimum Gasteiger partial charge on any atom is -0.299 e. The summed E-state index contributed by atoms with van der Waals surface area (Å²) in [6, 6.07) is 0. The highest BCUT2D eigenvalue weighted by molar-refractivity contribution is 7.12. The molecule has 0 aromatic carbocycles. The number of rotatable bonds is 4. The number of hydrogen-bond acceptors (Lipinski definition) is 6. The molecule has 1 amide bonds. The summed E-state index contributed by atoms with van der Waals surface area (Å²) in [5.74, 6) is 4.73. The highest BCUT2D eigenvalue weighted by atomic mass is 32.1. The third-order valence-electron chi connectivity index (χ3n) is 2.60. The van der Waals surface area contributed by atoms with Crippen molar-refractivity contribution in [1.29, 1.82) is 0 Å². The average Bonchev–Trinajstić information content (AvgIpc) is 2.74. The van der Waals surface area contributed by atoms with Gasteiger partial charge in [0.2, 0.25) is 5.91 Å². The van der Waals surface area contributed by atoms with E-state index in [1.165, 1.54) is 22.4 Å². The van der Waals surface area contributed by atoms with Crippen LogP contribution in [0.25, 0.3) is 10.2 Å². The number of nitrogens with zero attached hydrogens (tertiary/aromatic N) is 3. The Morgan fingerprint density at radius 1 is 1.61 bits per heavy atom. The summed E-state index contributed by atoms with van der Waals surface area (Å²) in [6.07, 6.45) is 2.30. The van der Waals surface area contributed by atoms with Gasteiger partial charge in [-0.3, -0.25) is 19.6 Å². The molecule has 0 aliphatic carbocycles. The van der Waals surface area contributed by atoms with Crippen LogP contribution in [0.4, 0.5) is 0 Å². The van der Waals surface area contributed by atoms with Crippen molar-refractivity contribution >= 4 is 27.7 Å². The second kappa shape index (κ2) is 5.23. The lowest BCUT2D eigenvalue weighted by Crippen LogP contribution is -2.30. The van der Waals surface area contributed by atoms with Gasteiger partial charge in [0.15, 0.2) is 4.83 Å². The topological polar surface area (TPSA) is 103 Å². The third-order valence-corrected chi connectivity index (χ3v) is 3.45. The van der Waals surface area contributed by atoms with Crippen molar-refractivity contribution in [2.45, 2.75) is 26.3 Å². The summed E-state index contributed by atoms with van der Waals surface area (Å²) < 4.78 is 5.60. The molecule has 2 aromatic heterocycles. The molecule has 0 bridgehead atoms. The van der Waals surface area contributed by atoms with E-state index in [1.807, 2.05) is 0 Å². The Balaban J connectivity index is 2.19. The van der Waals surface area contributed by atoms with E-state index in [1.54, 1.807) is 6.92 Å². The third kappa shape index (κ3) is 2.39. The van der Waals surface area contributed by atoms with Crippen molar-refractivity contribution < 1.29 is 4.79 Å². The lowest BCUT2D eigenvalue weighted by molar-refractivity contribution is -0.121. The van der Waals surface area contributed by atoms with Crippen molar-refractivity contribution in [1.82, 2.24) is 19.4 Å². The molecular weight excluding hydrogens is 254 g/mol. The average molecular weight is 267 g/mol. The molecule has 0 radical (unpaired) electrons. The molecule has 2 heterocycles. The number of carbonyl (C=O) groups is 1. The minimum atomic E-state index is -0.245. The van der Waals surface area contributed by atoms with Crippen LogP contribution in [0.1, 0.15) is 18.5 Å². The van der Waals surface area contributed by atoms with E-state index in [9.17, 15) is 9.59 Å². The van der Waals surface area contributed by atoms with Crippen molar-refractivity contribution in [2.75, 3.05) is 0 Å². The first-order valence-corrected chi connectivity index (χ1v) is 6.21. The predicted molar refractivity (Wildman–Crippen MR) is 68.0 cm³/mol. The Morgan fingerprint density at radius 2 is 2.39 bits per heavy atom. The van der Waals surface area contributed by atoms with Crippen LogP contribution in [0, 0.1) is 6.92 Å². The molecule has 0 saturated carbocycles. The molecule has 0 spiro atoms. The lowest BCUT2D eigenvalue weighted by Gasteiger charge is -2.04. The van der Waals surface area contributed by atoms with Gasteiger partial charge in [-0.05, 0) is 24.9 Å². The van der Waals surface area contributed by atoms with E-state index in [2.05, 4.69) is 14.8 Å². The summed E-state index contributed by atoms with van der Waals surface area (Å²) in [5, 5.41) is 0.561. The zero-order chi connectivity index (χ0) is 13.1. The van der Waals surface area contributed by atoms with Gasteiger partial charge in [-0.2, -0.15) is 4.37 Å². The zero-order valence-corrected chi connectivity index (χ0v) is 10.7. The number of amides is 1. The van der Waals surface area contributed by atoms with Crippen LogP contribution in [0.3, 0.4) is 0 Å². The fraction of sp³-hybridized carbons (Fsp3) is 0.400. The fourth-order valence-corrected chi connectivity index (χ4v) is 2.39.